The lowest BCUT2D eigenvalue weighted by Crippen LogP contribution is -2.26. The molecule has 1 saturated carbocycles. The number of benzene rings is 1. The van der Waals surface area contributed by atoms with Gasteiger partial charge >= 0.3 is 0 Å². The molecule has 0 radical (unpaired) electrons. The summed E-state index contributed by atoms with van der Waals surface area (Å²) in [6, 6.07) is 8.89. The number of nitrogens with zero attached hydrogens (tertiary/aromatic N) is 2. The zero-order valence-electron chi connectivity index (χ0n) is 20.1. The van der Waals surface area contributed by atoms with Crippen molar-refractivity contribution in [2.24, 2.45) is 11.1 Å². The average molecular weight is 548 g/mol. The van der Waals surface area contributed by atoms with Gasteiger partial charge in [-0.15, -0.1) is 0 Å². The number of hydrogen-bond acceptors (Lipinski definition) is 4. The molecule has 1 fully saturated rings. The van der Waals surface area contributed by atoms with Crippen LogP contribution in [-0.4, -0.2) is 30.6 Å². The minimum atomic E-state index is -3.96. The highest BCUT2D eigenvalue weighted by Crippen LogP contribution is 2.38. The van der Waals surface area contributed by atoms with Gasteiger partial charge < -0.3 is 4.57 Å². The first-order valence-electron chi connectivity index (χ1n) is 12.2. The summed E-state index contributed by atoms with van der Waals surface area (Å²) in [6.45, 7) is 2.43. The second-order valence-electron chi connectivity index (χ2n) is 9.76. The fourth-order valence-corrected chi connectivity index (χ4v) is 8.05. The predicted octanol–water partition coefficient (Wildman–Crippen LogP) is 5.28. The number of sulfonamides is 1. The first-order valence-corrected chi connectivity index (χ1v) is 15.6. The van der Waals surface area contributed by atoms with E-state index in [1.807, 2.05) is 16.7 Å². The van der Waals surface area contributed by atoms with Crippen LogP contribution in [0.5, 0.6) is 0 Å². The Morgan fingerprint density at radius 1 is 1.08 bits per heavy atom. The lowest BCUT2D eigenvalue weighted by molar-refractivity contribution is 0.318. The van der Waals surface area contributed by atoms with E-state index in [1.165, 1.54) is 10.4 Å². The van der Waals surface area contributed by atoms with Gasteiger partial charge in [0.25, 0.3) is 0 Å². The van der Waals surface area contributed by atoms with E-state index < -0.39 is 25.3 Å². The van der Waals surface area contributed by atoms with Crippen molar-refractivity contribution in [2.75, 3.05) is 0 Å². The van der Waals surface area contributed by atoms with Crippen molar-refractivity contribution in [3.63, 3.8) is 0 Å². The Balaban J connectivity index is 1.69. The van der Waals surface area contributed by atoms with Gasteiger partial charge in [-0.25, -0.2) is 25.9 Å². The maximum absolute atomic E-state index is 13.7. The second kappa shape index (κ2) is 9.52. The molecule has 10 heteroatoms. The van der Waals surface area contributed by atoms with E-state index in [0.717, 1.165) is 31.1 Å². The molecule has 2 heterocycles. The Labute approximate surface area is 217 Å². The molecule has 0 spiro atoms. The third-order valence-electron chi connectivity index (χ3n) is 7.42. The lowest BCUT2D eigenvalue weighted by Gasteiger charge is -2.24. The molecule has 2 aliphatic rings. The molecule has 2 aliphatic carbocycles. The van der Waals surface area contributed by atoms with Gasteiger partial charge in [0, 0.05) is 34.4 Å². The first kappa shape index (κ1) is 25.3. The van der Waals surface area contributed by atoms with E-state index >= 15 is 0 Å². The van der Waals surface area contributed by atoms with Crippen LogP contribution in [0, 0.1) is 12.8 Å². The SMILES string of the molecule is Cc1c(S(N)(=O)=O)cc(-c2cn(S(=O)(=O)C3C=CC(Cl)=CC3)c3ccccc23)n1CC1CCCCC1. The lowest BCUT2D eigenvalue weighted by atomic mass is 9.89. The van der Waals surface area contributed by atoms with Crippen molar-refractivity contribution in [1.29, 1.82) is 0 Å². The number of allylic oxidation sites excluding steroid dienone is 3. The number of nitrogens with two attached hydrogens (primary N) is 1. The van der Waals surface area contributed by atoms with Crippen LogP contribution in [0.3, 0.4) is 0 Å². The molecule has 192 valence electrons. The van der Waals surface area contributed by atoms with Gasteiger partial charge in [-0.2, -0.15) is 0 Å². The van der Waals surface area contributed by atoms with E-state index in [9.17, 15) is 16.8 Å². The summed E-state index contributed by atoms with van der Waals surface area (Å²) in [7, 11) is -7.75. The van der Waals surface area contributed by atoms with Gasteiger partial charge in [0.05, 0.1) is 11.2 Å². The molecule has 0 aliphatic heterocycles. The van der Waals surface area contributed by atoms with Crippen LogP contribution in [-0.2, 0) is 26.6 Å². The molecule has 0 saturated heterocycles. The van der Waals surface area contributed by atoms with Crippen molar-refractivity contribution in [1.82, 2.24) is 8.54 Å². The largest absolute Gasteiger partial charge is 0.343 e. The summed E-state index contributed by atoms with van der Waals surface area (Å²) in [5, 5.41) is 6.08. The van der Waals surface area contributed by atoms with Crippen LogP contribution >= 0.6 is 11.6 Å². The summed E-state index contributed by atoms with van der Waals surface area (Å²) < 4.78 is 55.6. The molecule has 1 atom stereocenters. The number of hydrogen-bond donors (Lipinski definition) is 1. The third kappa shape index (κ3) is 4.58. The van der Waals surface area contributed by atoms with Crippen molar-refractivity contribution in [3.05, 3.63) is 65.5 Å². The Kier molecular flexibility index (Phi) is 6.70. The summed E-state index contributed by atoms with van der Waals surface area (Å²) >= 11 is 6.02. The van der Waals surface area contributed by atoms with Gasteiger partial charge in [0.2, 0.25) is 20.0 Å². The summed E-state index contributed by atoms with van der Waals surface area (Å²) in [4.78, 5) is 0.0722. The molecule has 5 rings (SSSR count). The molecule has 0 bridgehead atoms. The van der Waals surface area contributed by atoms with Crippen LogP contribution in [0.25, 0.3) is 22.2 Å². The Bertz CT molecular complexity index is 1590. The van der Waals surface area contributed by atoms with Gasteiger partial charge in [-0.05, 0) is 50.3 Å². The molecule has 1 aromatic carbocycles. The van der Waals surface area contributed by atoms with Crippen LogP contribution in [0.4, 0.5) is 0 Å². The van der Waals surface area contributed by atoms with Crippen LogP contribution in [0.1, 0.15) is 44.2 Å². The highest BCUT2D eigenvalue weighted by atomic mass is 35.5. The molecule has 2 aromatic heterocycles. The van der Waals surface area contributed by atoms with Crippen molar-refractivity contribution in [2.45, 2.75) is 62.1 Å². The molecule has 7 nitrogen and oxygen atoms in total. The predicted molar refractivity (Wildman–Crippen MR) is 144 cm³/mol. The third-order valence-corrected chi connectivity index (χ3v) is 10.7. The molecule has 1 unspecified atom stereocenters. The Hall–Kier alpha value is -2.33. The highest BCUT2D eigenvalue weighted by Gasteiger charge is 2.30. The van der Waals surface area contributed by atoms with Crippen molar-refractivity contribution < 1.29 is 16.8 Å². The number of halogens is 1. The zero-order chi connectivity index (χ0) is 25.7. The normalized spacial score (nSPS) is 19.6. The maximum Gasteiger partial charge on any atom is 0.245 e. The molecular formula is C26H30ClN3O4S2. The number of rotatable bonds is 6. The van der Waals surface area contributed by atoms with Crippen molar-refractivity contribution >= 4 is 42.6 Å². The number of fused-ring (bicyclic) bond motifs is 1. The van der Waals surface area contributed by atoms with E-state index in [-0.39, 0.29) is 11.3 Å². The summed E-state index contributed by atoms with van der Waals surface area (Å²) in [5.41, 5.74) is 2.44. The van der Waals surface area contributed by atoms with E-state index in [4.69, 9.17) is 16.7 Å². The molecule has 0 amide bonds. The average Bonchev–Trinajstić information content (AvgIpc) is 3.39. The molecular weight excluding hydrogens is 518 g/mol. The van der Waals surface area contributed by atoms with Gasteiger partial charge in [-0.1, -0.05) is 61.2 Å². The second-order valence-corrected chi connectivity index (χ2v) is 13.8. The van der Waals surface area contributed by atoms with E-state index in [0.29, 0.717) is 40.0 Å². The maximum atomic E-state index is 13.7. The fraction of sp³-hybridized carbons (Fsp3) is 0.385. The van der Waals surface area contributed by atoms with Gasteiger partial charge in [0.15, 0.2) is 0 Å². The Morgan fingerprint density at radius 3 is 2.47 bits per heavy atom. The number of para-hydroxylation sites is 1. The Morgan fingerprint density at radius 2 is 1.81 bits per heavy atom. The first-order chi connectivity index (χ1) is 17.1. The van der Waals surface area contributed by atoms with Crippen LogP contribution in [0.15, 0.2) is 64.7 Å². The molecule has 36 heavy (non-hydrogen) atoms. The standard InChI is InChI=1S/C26H30ClN3O4S2/c1-18-26(35(28,31)32)15-25(29(18)16-19-7-3-2-4-8-19)23-17-30(24-10-6-5-9-22(23)24)36(33,34)21-13-11-20(27)12-14-21/h5-6,9-13,15,17,19,21H,2-4,7-8,14,16H2,1H3,(H2,28,31,32). The van der Waals surface area contributed by atoms with E-state index in [1.54, 1.807) is 49.5 Å². The zero-order valence-corrected chi connectivity index (χ0v) is 22.5. The number of aromatic nitrogens is 2. The summed E-state index contributed by atoms with van der Waals surface area (Å²) in [5.74, 6) is 0.429. The molecule has 3 aromatic rings. The number of primary sulfonamides is 1. The highest BCUT2D eigenvalue weighted by molar-refractivity contribution is 7.90. The smallest absolute Gasteiger partial charge is 0.245 e. The van der Waals surface area contributed by atoms with E-state index in [2.05, 4.69) is 0 Å². The monoisotopic (exact) mass is 547 g/mol. The minimum Gasteiger partial charge on any atom is -0.343 e. The fourth-order valence-electron chi connectivity index (χ4n) is 5.50. The van der Waals surface area contributed by atoms with Gasteiger partial charge in [0.1, 0.15) is 10.1 Å². The topological polar surface area (TPSA) is 104 Å². The molecule has 2 N–H and O–H groups in total. The van der Waals surface area contributed by atoms with Crippen molar-refractivity contribution in [3.8, 4) is 11.3 Å². The summed E-state index contributed by atoms with van der Waals surface area (Å²) in [6.07, 6.45) is 12.5. The van der Waals surface area contributed by atoms with Crippen LogP contribution < -0.4 is 5.14 Å². The van der Waals surface area contributed by atoms with Gasteiger partial charge in [-0.3, -0.25) is 0 Å². The minimum absolute atomic E-state index is 0.0722. The quantitative estimate of drug-likeness (QED) is 0.453. The van der Waals surface area contributed by atoms with Crippen LogP contribution in [0.2, 0.25) is 0 Å².